The molecule has 4 nitrogen and oxygen atoms in total. The minimum atomic E-state index is 0.720. The van der Waals surface area contributed by atoms with Crippen molar-refractivity contribution >= 4 is 15.9 Å². The van der Waals surface area contributed by atoms with Crippen molar-refractivity contribution in [2.45, 2.75) is 13.5 Å². The molecular weight excluding hydrogens is 306 g/mol. The molecule has 0 aliphatic carbocycles. The maximum atomic E-state index is 5.01. The van der Waals surface area contributed by atoms with Crippen molar-refractivity contribution in [3.63, 3.8) is 0 Å². The van der Waals surface area contributed by atoms with Gasteiger partial charge >= 0.3 is 0 Å². The molecule has 0 aliphatic heterocycles. The van der Waals surface area contributed by atoms with Gasteiger partial charge in [0.25, 0.3) is 0 Å². The quantitative estimate of drug-likeness (QED) is 0.831. The molecule has 0 radical (unpaired) electrons. The SMILES string of the molecule is COCCNCc1cnn(-c2ccccc2Br)c1C. The molecule has 1 N–H and O–H groups in total. The Kier molecular flexibility index (Phi) is 5.13. The second-order valence-corrected chi connectivity index (χ2v) is 5.14. The third kappa shape index (κ3) is 3.43. The van der Waals surface area contributed by atoms with Gasteiger partial charge < -0.3 is 10.1 Å². The van der Waals surface area contributed by atoms with E-state index in [4.69, 9.17) is 4.74 Å². The Morgan fingerprint density at radius 3 is 2.89 bits per heavy atom. The Labute approximate surface area is 121 Å². The van der Waals surface area contributed by atoms with Crippen molar-refractivity contribution < 1.29 is 4.74 Å². The fourth-order valence-electron chi connectivity index (χ4n) is 1.88. The maximum Gasteiger partial charge on any atom is 0.0790 e. The number of para-hydroxylation sites is 1. The Balaban J connectivity index is 2.12. The highest BCUT2D eigenvalue weighted by molar-refractivity contribution is 9.10. The average molecular weight is 324 g/mol. The van der Waals surface area contributed by atoms with E-state index < -0.39 is 0 Å². The molecule has 0 amide bonds. The van der Waals surface area contributed by atoms with E-state index in [0.717, 1.165) is 35.6 Å². The number of nitrogens with zero attached hydrogens (tertiary/aromatic N) is 2. The van der Waals surface area contributed by atoms with Gasteiger partial charge in [0.1, 0.15) is 0 Å². The first kappa shape index (κ1) is 14.2. The summed E-state index contributed by atoms with van der Waals surface area (Å²) in [6.45, 7) is 4.45. The van der Waals surface area contributed by atoms with Gasteiger partial charge in [-0.15, -0.1) is 0 Å². The summed E-state index contributed by atoms with van der Waals surface area (Å²) in [4.78, 5) is 0. The third-order valence-electron chi connectivity index (χ3n) is 2.99. The van der Waals surface area contributed by atoms with Gasteiger partial charge in [-0.1, -0.05) is 12.1 Å². The average Bonchev–Trinajstić information content (AvgIpc) is 2.77. The van der Waals surface area contributed by atoms with Crippen LogP contribution in [-0.4, -0.2) is 30.0 Å². The molecule has 0 bridgehead atoms. The van der Waals surface area contributed by atoms with Crippen LogP contribution in [0.1, 0.15) is 11.3 Å². The number of rotatable bonds is 6. The van der Waals surface area contributed by atoms with Crippen LogP contribution in [0.25, 0.3) is 5.69 Å². The number of hydrogen-bond acceptors (Lipinski definition) is 3. The molecule has 0 spiro atoms. The van der Waals surface area contributed by atoms with Crippen molar-refractivity contribution in [1.82, 2.24) is 15.1 Å². The molecule has 0 saturated carbocycles. The number of benzene rings is 1. The van der Waals surface area contributed by atoms with Gasteiger partial charge in [0, 0.05) is 35.9 Å². The van der Waals surface area contributed by atoms with Gasteiger partial charge in [-0.05, 0) is 35.0 Å². The molecule has 0 atom stereocenters. The molecule has 1 aromatic carbocycles. The smallest absolute Gasteiger partial charge is 0.0790 e. The lowest BCUT2D eigenvalue weighted by molar-refractivity contribution is 0.199. The normalized spacial score (nSPS) is 10.9. The molecule has 0 aliphatic rings. The van der Waals surface area contributed by atoms with E-state index in [0.29, 0.717) is 0 Å². The van der Waals surface area contributed by atoms with Crippen LogP contribution in [0, 0.1) is 6.92 Å². The summed E-state index contributed by atoms with van der Waals surface area (Å²) in [6, 6.07) is 8.08. The predicted octanol–water partition coefficient (Wildman–Crippen LogP) is 2.68. The van der Waals surface area contributed by atoms with Crippen molar-refractivity contribution in [1.29, 1.82) is 0 Å². The standard InChI is InChI=1S/C14H18BrN3O/c1-11-12(9-16-7-8-19-2)10-17-18(11)14-6-4-3-5-13(14)15/h3-6,10,16H,7-9H2,1-2H3. The van der Waals surface area contributed by atoms with E-state index in [9.17, 15) is 0 Å². The van der Waals surface area contributed by atoms with Crippen molar-refractivity contribution in [3.05, 3.63) is 46.2 Å². The summed E-state index contributed by atoms with van der Waals surface area (Å²) in [5.41, 5.74) is 3.41. The van der Waals surface area contributed by atoms with E-state index in [2.05, 4.69) is 33.3 Å². The first-order valence-electron chi connectivity index (χ1n) is 6.22. The lowest BCUT2D eigenvalue weighted by atomic mass is 10.2. The molecule has 0 unspecified atom stereocenters. The molecule has 19 heavy (non-hydrogen) atoms. The Morgan fingerprint density at radius 2 is 2.16 bits per heavy atom. The summed E-state index contributed by atoms with van der Waals surface area (Å²) < 4.78 is 8.01. The van der Waals surface area contributed by atoms with E-state index in [-0.39, 0.29) is 0 Å². The number of hydrogen-bond donors (Lipinski definition) is 1. The van der Waals surface area contributed by atoms with Crippen molar-refractivity contribution in [2.24, 2.45) is 0 Å². The topological polar surface area (TPSA) is 39.1 Å². The van der Waals surface area contributed by atoms with Crippen LogP contribution in [0.2, 0.25) is 0 Å². The summed E-state index contributed by atoms with van der Waals surface area (Å²) in [5, 5.41) is 7.79. The zero-order chi connectivity index (χ0) is 13.7. The third-order valence-corrected chi connectivity index (χ3v) is 3.66. The van der Waals surface area contributed by atoms with Crippen LogP contribution in [-0.2, 0) is 11.3 Å². The van der Waals surface area contributed by atoms with E-state index >= 15 is 0 Å². The highest BCUT2D eigenvalue weighted by Gasteiger charge is 2.09. The molecule has 2 aromatic rings. The lowest BCUT2D eigenvalue weighted by Gasteiger charge is -2.08. The molecule has 0 saturated heterocycles. The molecule has 0 fully saturated rings. The first-order valence-corrected chi connectivity index (χ1v) is 7.01. The maximum absolute atomic E-state index is 5.01. The second-order valence-electron chi connectivity index (χ2n) is 4.29. The van der Waals surface area contributed by atoms with Crippen LogP contribution in [0.15, 0.2) is 34.9 Å². The Hall–Kier alpha value is -1.17. The molecule has 1 heterocycles. The molecule has 5 heteroatoms. The van der Waals surface area contributed by atoms with Gasteiger partial charge in [-0.25, -0.2) is 4.68 Å². The van der Waals surface area contributed by atoms with Crippen LogP contribution in [0.4, 0.5) is 0 Å². The van der Waals surface area contributed by atoms with E-state index in [1.807, 2.05) is 35.1 Å². The van der Waals surface area contributed by atoms with Crippen LogP contribution in [0.3, 0.4) is 0 Å². The van der Waals surface area contributed by atoms with Gasteiger partial charge in [-0.2, -0.15) is 5.10 Å². The Morgan fingerprint density at radius 1 is 1.37 bits per heavy atom. The number of methoxy groups -OCH3 is 1. The lowest BCUT2D eigenvalue weighted by Crippen LogP contribution is -2.18. The summed E-state index contributed by atoms with van der Waals surface area (Å²) in [7, 11) is 1.71. The van der Waals surface area contributed by atoms with E-state index in [1.165, 1.54) is 5.56 Å². The van der Waals surface area contributed by atoms with Gasteiger partial charge in [0.05, 0.1) is 18.5 Å². The monoisotopic (exact) mass is 323 g/mol. The van der Waals surface area contributed by atoms with Crippen LogP contribution < -0.4 is 5.32 Å². The van der Waals surface area contributed by atoms with E-state index in [1.54, 1.807) is 7.11 Å². The second kappa shape index (κ2) is 6.84. The number of halogens is 1. The van der Waals surface area contributed by atoms with Gasteiger partial charge in [-0.3, -0.25) is 0 Å². The molecular formula is C14H18BrN3O. The fourth-order valence-corrected chi connectivity index (χ4v) is 2.33. The fraction of sp³-hybridized carbons (Fsp3) is 0.357. The molecule has 102 valence electrons. The summed E-state index contributed by atoms with van der Waals surface area (Å²) >= 11 is 3.56. The van der Waals surface area contributed by atoms with Crippen LogP contribution >= 0.6 is 15.9 Å². The summed E-state index contributed by atoms with van der Waals surface area (Å²) in [5.74, 6) is 0. The van der Waals surface area contributed by atoms with Gasteiger partial charge in [0.2, 0.25) is 0 Å². The summed E-state index contributed by atoms with van der Waals surface area (Å²) in [6.07, 6.45) is 1.91. The largest absolute Gasteiger partial charge is 0.383 e. The highest BCUT2D eigenvalue weighted by Crippen LogP contribution is 2.22. The zero-order valence-electron chi connectivity index (χ0n) is 11.2. The highest BCUT2D eigenvalue weighted by atomic mass is 79.9. The minimum absolute atomic E-state index is 0.720. The molecule has 1 aromatic heterocycles. The predicted molar refractivity (Wildman–Crippen MR) is 79.6 cm³/mol. The van der Waals surface area contributed by atoms with Crippen LogP contribution in [0.5, 0.6) is 0 Å². The first-order chi connectivity index (χ1) is 9.24. The number of nitrogens with one attached hydrogen (secondary N) is 1. The van der Waals surface area contributed by atoms with Crippen molar-refractivity contribution in [2.75, 3.05) is 20.3 Å². The zero-order valence-corrected chi connectivity index (χ0v) is 12.8. The number of ether oxygens (including phenoxy) is 1. The minimum Gasteiger partial charge on any atom is -0.383 e. The number of aromatic nitrogens is 2. The molecule has 2 rings (SSSR count). The van der Waals surface area contributed by atoms with Gasteiger partial charge in [0.15, 0.2) is 0 Å². The van der Waals surface area contributed by atoms with Crippen molar-refractivity contribution in [3.8, 4) is 5.69 Å². The Bertz CT molecular complexity index is 539.